The van der Waals surface area contributed by atoms with Crippen LogP contribution in [-0.4, -0.2) is 29.5 Å². The zero-order valence-electron chi connectivity index (χ0n) is 15.5. The smallest absolute Gasteiger partial charge is 0.380 e. The van der Waals surface area contributed by atoms with Crippen LogP contribution in [0.1, 0.15) is 5.69 Å². The van der Waals surface area contributed by atoms with E-state index in [0.717, 1.165) is 15.6 Å². The quantitative estimate of drug-likeness (QED) is 0.221. The fourth-order valence-electron chi connectivity index (χ4n) is 3.26. The third kappa shape index (κ3) is 3.50. The lowest BCUT2D eigenvalue weighted by molar-refractivity contribution is 0.351. The maximum Gasteiger partial charge on any atom is 0.380 e. The average molecular weight is 385 g/mol. The largest absolute Gasteiger partial charge is 0.438 e. The van der Waals surface area contributed by atoms with Crippen LogP contribution in [0.3, 0.4) is 0 Å². The number of aryl methyl sites for hydroxylation is 1. The Morgan fingerprint density at radius 3 is 1.64 bits per heavy atom. The van der Waals surface area contributed by atoms with Crippen LogP contribution >= 0.6 is 0 Å². The lowest BCUT2D eigenvalue weighted by atomic mass is 10.3. The van der Waals surface area contributed by atoms with E-state index in [1.807, 2.05) is 61.6 Å². The molecule has 0 spiro atoms. The first kappa shape index (κ1) is 17.9. The van der Waals surface area contributed by atoms with E-state index in [0.29, 0.717) is 5.69 Å². The lowest BCUT2D eigenvalue weighted by Crippen LogP contribution is -2.68. The van der Waals surface area contributed by atoms with Gasteiger partial charge < -0.3 is 4.53 Å². The van der Waals surface area contributed by atoms with Crippen molar-refractivity contribution in [1.82, 2.24) is 15.0 Å². The Balaban J connectivity index is 1.86. The van der Waals surface area contributed by atoms with Gasteiger partial charge in [-0.05, 0) is 15.6 Å². The minimum Gasteiger partial charge on any atom is -0.438 e. The molecule has 5 nitrogen and oxygen atoms in total. The highest BCUT2D eigenvalue weighted by molar-refractivity contribution is 7.07. The Bertz CT molecular complexity index is 953. The molecule has 0 aliphatic rings. The van der Waals surface area contributed by atoms with Gasteiger partial charge in [0.2, 0.25) is 0 Å². The zero-order valence-corrected chi connectivity index (χ0v) is 16.5. The van der Waals surface area contributed by atoms with Gasteiger partial charge >= 0.3 is 8.32 Å². The van der Waals surface area contributed by atoms with Gasteiger partial charge in [0.15, 0.2) is 0 Å². The van der Waals surface area contributed by atoms with Crippen molar-refractivity contribution in [2.45, 2.75) is 0 Å². The molecule has 4 rings (SSSR count). The first-order valence-corrected chi connectivity index (χ1v) is 10.9. The summed E-state index contributed by atoms with van der Waals surface area (Å²) >= 11 is 0. The second-order valence-electron chi connectivity index (χ2n) is 6.42. The minimum absolute atomic E-state index is 0.652. The number of benzene rings is 3. The van der Waals surface area contributed by atoms with E-state index < -0.39 is 8.32 Å². The summed E-state index contributed by atoms with van der Waals surface area (Å²) in [6.07, 6.45) is 3.41. The van der Waals surface area contributed by atoms with Crippen LogP contribution in [-0.2, 0) is 11.6 Å². The molecule has 0 fully saturated rings. The van der Waals surface area contributed by atoms with Gasteiger partial charge in [-0.3, -0.25) is 4.68 Å². The molecule has 28 heavy (non-hydrogen) atoms. The molecule has 0 unspecified atom stereocenters. The Labute approximate surface area is 165 Å². The van der Waals surface area contributed by atoms with Gasteiger partial charge in [0, 0.05) is 7.05 Å². The number of hydrogen-bond donors (Lipinski definition) is 0. The minimum atomic E-state index is -2.82. The monoisotopic (exact) mass is 384 g/mol. The molecule has 1 aromatic heterocycles. The summed E-state index contributed by atoms with van der Waals surface area (Å²) in [7, 11) is -1.00. The SMILES string of the molecule is Cn1cc(/C=N/O[Si](c2ccccc2)(c2ccccc2)c2ccccc2)nn1. The molecule has 3 aromatic carbocycles. The van der Waals surface area contributed by atoms with Crippen LogP contribution in [0.25, 0.3) is 0 Å². The average Bonchev–Trinajstić information content (AvgIpc) is 3.18. The molecule has 0 saturated carbocycles. The van der Waals surface area contributed by atoms with Crippen molar-refractivity contribution < 1.29 is 4.53 Å². The molecule has 1 heterocycles. The van der Waals surface area contributed by atoms with E-state index in [1.54, 1.807) is 17.1 Å². The van der Waals surface area contributed by atoms with Gasteiger partial charge in [0.25, 0.3) is 0 Å². The van der Waals surface area contributed by atoms with Gasteiger partial charge in [-0.15, -0.1) is 10.3 Å². The second-order valence-corrected chi connectivity index (χ2v) is 9.70. The first-order chi connectivity index (χ1) is 13.8. The predicted molar refractivity (Wildman–Crippen MR) is 114 cm³/mol. The standard InChI is InChI=1S/C22H20N4OSi/c1-26-18-19(24-25-26)17-23-27-28(20-11-5-2-6-12-20,21-13-7-3-8-14-21)22-15-9-4-10-16-22/h2-18H,1H3/b23-17+. The van der Waals surface area contributed by atoms with E-state index in [-0.39, 0.29) is 0 Å². The van der Waals surface area contributed by atoms with E-state index in [2.05, 4.69) is 51.9 Å². The van der Waals surface area contributed by atoms with Crippen molar-refractivity contribution >= 4 is 30.1 Å². The molecule has 0 bridgehead atoms. The maximum absolute atomic E-state index is 6.43. The van der Waals surface area contributed by atoms with Crippen LogP contribution in [0.15, 0.2) is 102 Å². The van der Waals surface area contributed by atoms with Crippen molar-refractivity contribution in [1.29, 1.82) is 0 Å². The van der Waals surface area contributed by atoms with E-state index >= 15 is 0 Å². The maximum atomic E-state index is 6.43. The normalized spacial score (nSPS) is 11.6. The summed E-state index contributed by atoms with van der Waals surface area (Å²) in [5, 5.41) is 15.8. The lowest BCUT2D eigenvalue weighted by Gasteiger charge is -2.29. The van der Waals surface area contributed by atoms with Gasteiger partial charge in [0.05, 0.1) is 12.4 Å². The van der Waals surface area contributed by atoms with Gasteiger partial charge in [-0.1, -0.05) is 96.2 Å². The summed E-state index contributed by atoms with van der Waals surface area (Å²) in [5.41, 5.74) is 0.652. The molecule has 0 aliphatic heterocycles. The zero-order chi connectivity index (χ0) is 19.2. The predicted octanol–water partition coefficient (Wildman–Crippen LogP) is 1.83. The van der Waals surface area contributed by atoms with Crippen molar-refractivity contribution in [3.8, 4) is 0 Å². The topological polar surface area (TPSA) is 52.3 Å². The van der Waals surface area contributed by atoms with Crippen molar-refractivity contribution in [2.24, 2.45) is 12.2 Å². The highest BCUT2D eigenvalue weighted by atomic mass is 28.4. The second kappa shape index (κ2) is 8.02. The third-order valence-corrected chi connectivity index (χ3v) is 8.35. The van der Waals surface area contributed by atoms with E-state index in [9.17, 15) is 0 Å². The molecule has 0 amide bonds. The van der Waals surface area contributed by atoms with Crippen LogP contribution in [0.5, 0.6) is 0 Å². The van der Waals surface area contributed by atoms with E-state index in [4.69, 9.17) is 4.53 Å². The number of hydrogen-bond acceptors (Lipinski definition) is 4. The summed E-state index contributed by atoms with van der Waals surface area (Å²) in [5.74, 6) is 0. The number of nitrogens with zero attached hydrogens (tertiary/aromatic N) is 4. The Kier molecular flexibility index (Phi) is 5.12. The molecular weight excluding hydrogens is 364 g/mol. The third-order valence-electron chi connectivity index (χ3n) is 4.54. The summed E-state index contributed by atoms with van der Waals surface area (Å²) in [4.78, 5) is 0. The summed E-state index contributed by atoms with van der Waals surface area (Å²) < 4.78 is 8.07. The molecule has 0 aliphatic carbocycles. The van der Waals surface area contributed by atoms with Crippen molar-refractivity contribution in [3.63, 3.8) is 0 Å². The number of aromatic nitrogens is 3. The highest BCUT2D eigenvalue weighted by Gasteiger charge is 2.44. The Morgan fingerprint density at radius 1 is 0.786 bits per heavy atom. The molecule has 6 heteroatoms. The molecular formula is C22H20N4OSi. The Hall–Kier alpha value is -3.51. The van der Waals surface area contributed by atoms with Gasteiger partial charge in [-0.25, -0.2) is 0 Å². The van der Waals surface area contributed by atoms with E-state index in [1.165, 1.54) is 0 Å². The fourth-order valence-corrected chi connectivity index (χ4v) is 6.77. The highest BCUT2D eigenvalue weighted by Crippen LogP contribution is 2.10. The van der Waals surface area contributed by atoms with Crippen molar-refractivity contribution in [2.75, 3.05) is 0 Å². The van der Waals surface area contributed by atoms with Crippen LogP contribution in [0.2, 0.25) is 0 Å². The Morgan fingerprint density at radius 2 is 1.25 bits per heavy atom. The molecule has 0 saturated heterocycles. The summed E-state index contributed by atoms with van der Waals surface area (Å²) in [6, 6.07) is 31.0. The van der Waals surface area contributed by atoms with Crippen LogP contribution in [0.4, 0.5) is 0 Å². The number of oxime groups is 1. The molecule has 4 aromatic rings. The molecule has 0 radical (unpaired) electrons. The molecule has 0 atom stereocenters. The van der Waals surface area contributed by atoms with Crippen LogP contribution < -0.4 is 15.6 Å². The van der Waals surface area contributed by atoms with Gasteiger partial charge in [-0.2, -0.15) is 0 Å². The summed E-state index contributed by atoms with van der Waals surface area (Å²) in [6.45, 7) is 0. The van der Waals surface area contributed by atoms with Crippen LogP contribution in [0, 0.1) is 0 Å². The number of rotatable bonds is 6. The van der Waals surface area contributed by atoms with Gasteiger partial charge in [0.1, 0.15) is 5.69 Å². The molecule has 138 valence electrons. The molecule has 0 N–H and O–H groups in total. The fraction of sp³-hybridized carbons (Fsp3) is 0.0455. The van der Waals surface area contributed by atoms with Crippen molar-refractivity contribution in [3.05, 3.63) is 103 Å². The first-order valence-electron chi connectivity index (χ1n) is 9.03.